The molecule has 132 valence electrons. The van der Waals surface area contributed by atoms with Gasteiger partial charge in [0.15, 0.2) is 0 Å². The van der Waals surface area contributed by atoms with Crippen LogP contribution in [0.4, 0.5) is 0 Å². The molecule has 0 unspecified atom stereocenters. The van der Waals surface area contributed by atoms with Crippen LogP contribution in [0.5, 0.6) is 0 Å². The Kier molecular flexibility index (Phi) is 11.5. The van der Waals surface area contributed by atoms with Crippen molar-refractivity contribution in [3.8, 4) is 0 Å². The number of unbranched alkanes of at least 4 members (excludes halogenated alkanes) is 11. The molecule has 0 aromatic rings. The molecular formula is C19H40NOS+. The summed E-state index contributed by atoms with van der Waals surface area (Å²) in [5, 5.41) is 0. The summed E-state index contributed by atoms with van der Waals surface area (Å²) in [7, 11) is 1.84. The molecular weight excluding hydrogens is 290 g/mol. The maximum Gasteiger partial charge on any atom is 0.0902 e. The first kappa shape index (κ1) is 20.2. The van der Waals surface area contributed by atoms with Gasteiger partial charge in [0.25, 0.3) is 0 Å². The zero-order valence-electron chi connectivity index (χ0n) is 15.3. The lowest BCUT2D eigenvalue weighted by molar-refractivity contribution is -0.906. The van der Waals surface area contributed by atoms with E-state index in [2.05, 4.69) is 14.0 Å². The molecule has 0 atom stereocenters. The normalized spacial score (nSPS) is 25.5. The van der Waals surface area contributed by atoms with Crippen LogP contribution in [0, 0.1) is 0 Å². The maximum absolute atomic E-state index is 11.4. The highest BCUT2D eigenvalue weighted by Gasteiger charge is 2.27. The molecule has 1 aliphatic heterocycles. The lowest BCUT2D eigenvalue weighted by Gasteiger charge is -2.37. The highest BCUT2D eigenvalue weighted by Crippen LogP contribution is 2.14. The molecule has 1 rings (SSSR count). The Bertz CT molecular complexity index is 283. The molecule has 0 N–H and O–H groups in total. The Morgan fingerprint density at radius 3 is 1.59 bits per heavy atom. The molecule has 1 heterocycles. The molecule has 2 nitrogen and oxygen atoms in total. The number of hydrogen-bond acceptors (Lipinski definition) is 1. The van der Waals surface area contributed by atoms with Gasteiger partial charge >= 0.3 is 0 Å². The quantitative estimate of drug-likeness (QED) is 0.347. The second-order valence-corrected chi connectivity index (χ2v) is 9.22. The summed E-state index contributed by atoms with van der Waals surface area (Å²) in [5.41, 5.74) is 0. The SMILES string of the molecule is CCCCCCCCCCCCCC[N+]1(C)CCS(=O)CC1. The smallest absolute Gasteiger partial charge is 0.0902 e. The first-order chi connectivity index (χ1) is 10.7. The number of quaternary nitrogens is 1. The van der Waals surface area contributed by atoms with E-state index in [0.29, 0.717) is 0 Å². The Morgan fingerprint density at radius 2 is 1.14 bits per heavy atom. The maximum atomic E-state index is 11.4. The molecule has 3 heteroatoms. The zero-order valence-corrected chi connectivity index (χ0v) is 16.1. The molecule has 0 bridgehead atoms. The Balaban J connectivity index is 1.83. The summed E-state index contributed by atoms with van der Waals surface area (Å²) in [6.07, 6.45) is 17.1. The van der Waals surface area contributed by atoms with Crippen molar-refractivity contribution in [1.82, 2.24) is 0 Å². The number of nitrogens with zero attached hydrogens (tertiary/aromatic N) is 1. The molecule has 0 aliphatic carbocycles. The van der Waals surface area contributed by atoms with Crippen molar-refractivity contribution >= 4 is 10.8 Å². The van der Waals surface area contributed by atoms with Crippen molar-refractivity contribution in [2.45, 2.75) is 84.0 Å². The Morgan fingerprint density at radius 1 is 0.727 bits per heavy atom. The van der Waals surface area contributed by atoms with Crippen molar-refractivity contribution in [2.75, 3.05) is 38.2 Å². The van der Waals surface area contributed by atoms with Gasteiger partial charge in [0, 0.05) is 10.8 Å². The standard InChI is InChI=1S/C19H40NOS/c1-3-4-5-6-7-8-9-10-11-12-13-14-15-20(2)16-18-22(21)19-17-20/h3-19H2,1-2H3/q+1. The van der Waals surface area contributed by atoms with Crippen molar-refractivity contribution in [3.63, 3.8) is 0 Å². The van der Waals surface area contributed by atoms with Crippen molar-refractivity contribution in [3.05, 3.63) is 0 Å². The van der Waals surface area contributed by atoms with Crippen LogP contribution in [0.3, 0.4) is 0 Å². The monoisotopic (exact) mass is 330 g/mol. The third-order valence-electron chi connectivity index (χ3n) is 5.27. The van der Waals surface area contributed by atoms with E-state index in [1.165, 1.54) is 88.1 Å². The van der Waals surface area contributed by atoms with Gasteiger partial charge in [-0.25, -0.2) is 0 Å². The highest BCUT2D eigenvalue weighted by molar-refractivity contribution is 7.85. The van der Waals surface area contributed by atoms with Crippen molar-refractivity contribution in [1.29, 1.82) is 0 Å². The Labute approximate surface area is 142 Å². The zero-order chi connectivity index (χ0) is 16.1. The summed E-state index contributed by atoms with van der Waals surface area (Å²) in [4.78, 5) is 0. The van der Waals surface area contributed by atoms with Crippen LogP contribution in [-0.4, -0.2) is 46.9 Å². The fourth-order valence-electron chi connectivity index (χ4n) is 3.42. The average molecular weight is 331 g/mol. The van der Waals surface area contributed by atoms with Crippen LogP contribution in [0.2, 0.25) is 0 Å². The summed E-state index contributed by atoms with van der Waals surface area (Å²) in [6.45, 7) is 5.85. The fourth-order valence-corrected chi connectivity index (χ4v) is 4.91. The van der Waals surface area contributed by atoms with Gasteiger partial charge in [-0.3, -0.25) is 4.21 Å². The van der Waals surface area contributed by atoms with E-state index in [0.717, 1.165) is 24.6 Å². The fraction of sp³-hybridized carbons (Fsp3) is 1.00. The molecule has 22 heavy (non-hydrogen) atoms. The number of hydrogen-bond donors (Lipinski definition) is 0. The third kappa shape index (κ3) is 9.99. The van der Waals surface area contributed by atoms with Crippen LogP contribution < -0.4 is 0 Å². The van der Waals surface area contributed by atoms with E-state index in [1.807, 2.05) is 0 Å². The summed E-state index contributed by atoms with van der Waals surface area (Å²) < 4.78 is 12.6. The van der Waals surface area contributed by atoms with Crippen LogP contribution in [-0.2, 0) is 10.8 Å². The van der Waals surface area contributed by atoms with Gasteiger partial charge in [-0.1, -0.05) is 71.1 Å². The largest absolute Gasteiger partial charge is 0.325 e. The molecule has 0 spiro atoms. The second kappa shape index (κ2) is 12.5. The molecule has 0 radical (unpaired) electrons. The predicted octanol–water partition coefficient (Wildman–Crippen LogP) is 4.90. The summed E-state index contributed by atoms with van der Waals surface area (Å²) in [5.74, 6) is 1.85. The van der Waals surface area contributed by atoms with E-state index < -0.39 is 10.8 Å². The van der Waals surface area contributed by atoms with Gasteiger partial charge in [0.1, 0.15) is 0 Å². The average Bonchev–Trinajstić information content (AvgIpc) is 2.52. The van der Waals surface area contributed by atoms with E-state index in [-0.39, 0.29) is 0 Å². The first-order valence-corrected chi connectivity index (χ1v) is 11.3. The minimum atomic E-state index is -0.519. The Hall–Kier alpha value is 0.110. The molecule has 0 aromatic carbocycles. The predicted molar refractivity (Wildman–Crippen MR) is 99.7 cm³/mol. The van der Waals surface area contributed by atoms with Gasteiger partial charge in [-0.15, -0.1) is 0 Å². The molecule has 1 saturated heterocycles. The highest BCUT2D eigenvalue weighted by atomic mass is 32.2. The van der Waals surface area contributed by atoms with Crippen molar-refractivity contribution in [2.24, 2.45) is 0 Å². The van der Waals surface area contributed by atoms with Crippen molar-refractivity contribution < 1.29 is 8.69 Å². The van der Waals surface area contributed by atoms with Gasteiger partial charge < -0.3 is 4.48 Å². The minimum Gasteiger partial charge on any atom is -0.325 e. The molecule has 1 aliphatic rings. The first-order valence-electron chi connectivity index (χ1n) is 9.85. The van der Waals surface area contributed by atoms with E-state index in [4.69, 9.17) is 0 Å². The molecule has 0 aromatic heterocycles. The van der Waals surface area contributed by atoms with Crippen LogP contribution >= 0.6 is 0 Å². The second-order valence-electron chi connectivity index (χ2n) is 7.53. The lowest BCUT2D eigenvalue weighted by Crippen LogP contribution is -2.53. The minimum absolute atomic E-state index is 0.519. The molecule has 1 fully saturated rings. The van der Waals surface area contributed by atoms with Crippen LogP contribution in [0.25, 0.3) is 0 Å². The molecule has 0 saturated carbocycles. The van der Waals surface area contributed by atoms with E-state index in [9.17, 15) is 4.21 Å². The van der Waals surface area contributed by atoms with E-state index in [1.54, 1.807) is 0 Å². The van der Waals surface area contributed by atoms with Crippen LogP contribution in [0.15, 0.2) is 0 Å². The van der Waals surface area contributed by atoms with Gasteiger partial charge in [-0.2, -0.15) is 0 Å². The third-order valence-corrected chi connectivity index (χ3v) is 6.54. The van der Waals surface area contributed by atoms with Gasteiger partial charge in [0.05, 0.1) is 38.2 Å². The topological polar surface area (TPSA) is 17.1 Å². The van der Waals surface area contributed by atoms with Gasteiger partial charge in [-0.05, 0) is 12.8 Å². The summed E-state index contributed by atoms with van der Waals surface area (Å²) >= 11 is 0. The number of rotatable bonds is 13. The molecule has 0 amide bonds. The lowest BCUT2D eigenvalue weighted by atomic mass is 10.1. The van der Waals surface area contributed by atoms with E-state index >= 15 is 0 Å². The summed E-state index contributed by atoms with van der Waals surface area (Å²) in [6, 6.07) is 0. The van der Waals surface area contributed by atoms with Gasteiger partial charge in [0.2, 0.25) is 0 Å². The van der Waals surface area contributed by atoms with Crippen LogP contribution in [0.1, 0.15) is 84.0 Å².